The van der Waals surface area contributed by atoms with Crippen molar-refractivity contribution < 1.29 is 8.81 Å². The molecule has 3 nitrogen and oxygen atoms in total. The first-order chi connectivity index (χ1) is 8.11. The summed E-state index contributed by atoms with van der Waals surface area (Å²) in [7, 11) is 0. The summed E-state index contributed by atoms with van der Waals surface area (Å²) in [5, 5.41) is 0.620. The van der Waals surface area contributed by atoms with Crippen molar-refractivity contribution >= 4 is 23.2 Å². The van der Waals surface area contributed by atoms with Gasteiger partial charge in [0.15, 0.2) is 5.22 Å². The molecule has 2 rings (SSSR count). The summed E-state index contributed by atoms with van der Waals surface area (Å²) in [5.74, 6) is 5.49. The van der Waals surface area contributed by atoms with E-state index >= 15 is 0 Å². The van der Waals surface area contributed by atoms with E-state index < -0.39 is 11.9 Å². The highest BCUT2D eigenvalue weighted by Crippen LogP contribution is 2.30. The summed E-state index contributed by atoms with van der Waals surface area (Å²) in [5.41, 5.74) is 3.00. The van der Waals surface area contributed by atoms with Crippen molar-refractivity contribution in [2.75, 3.05) is 0 Å². The molecule has 0 radical (unpaired) electrons. The van der Waals surface area contributed by atoms with Crippen LogP contribution in [0.5, 0.6) is 0 Å². The zero-order chi connectivity index (χ0) is 12.4. The maximum Gasteiger partial charge on any atom is 0.193 e. The Hall–Kier alpha value is -1.07. The number of furan rings is 1. The fourth-order valence-electron chi connectivity index (χ4n) is 1.54. The van der Waals surface area contributed by atoms with E-state index in [1.54, 1.807) is 12.1 Å². The van der Waals surface area contributed by atoms with Crippen LogP contribution < -0.4 is 11.3 Å². The van der Waals surface area contributed by atoms with Crippen LogP contribution in [0.2, 0.25) is 10.2 Å². The van der Waals surface area contributed by atoms with Gasteiger partial charge in [0.1, 0.15) is 17.6 Å². The second-order valence-electron chi connectivity index (χ2n) is 3.41. The van der Waals surface area contributed by atoms with Crippen LogP contribution in [-0.2, 0) is 0 Å². The number of nitrogens with one attached hydrogen (secondary N) is 1. The minimum absolute atomic E-state index is 0.229. The van der Waals surface area contributed by atoms with Crippen molar-refractivity contribution in [1.82, 2.24) is 5.43 Å². The zero-order valence-corrected chi connectivity index (χ0v) is 10.1. The summed E-state index contributed by atoms with van der Waals surface area (Å²) in [6, 6.07) is 6.70. The van der Waals surface area contributed by atoms with Crippen LogP contribution in [-0.4, -0.2) is 0 Å². The number of benzene rings is 1. The van der Waals surface area contributed by atoms with Gasteiger partial charge >= 0.3 is 0 Å². The minimum Gasteiger partial charge on any atom is -0.448 e. The molecule has 0 aliphatic rings. The van der Waals surface area contributed by atoms with Gasteiger partial charge in [-0.05, 0) is 47.5 Å². The Morgan fingerprint density at radius 2 is 2.00 bits per heavy atom. The second kappa shape index (κ2) is 5.06. The average Bonchev–Trinajstić information content (AvgIpc) is 2.71. The molecular formula is C11H9Cl2FN2O. The number of hydrogen-bond acceptors (Lipinski definition) is 3. The molecule has 0 aliphatic heterocycles. The molecule has 2 aromatic rings. The third-order valence-electron chi connectivity index (χ3n) is 2.31. The molecule has 17 heavy (non-hydrogen) atoms. The normalized spacial score (nSPS) is 12.7. The summed E-state index contributed by atoms with van der Waals surface area (Å²) in [6.07, 6.45) is 0. The maximum absolute atomic E-state index is 13.2. The lowest BCUT2D eigenvalue weighted by Crippen LogP contribution is -2.28. The molecule has 0 saturated carbocycles. The molecule has 1 unspecified atom stereocenters. The molecule has 90 valence electrons. The summed E-state index contributed by atoms with van der Waals surface area (Å²) >= 11 is 11.7. The van der Waals surface area contributed by atoms with Crippen molar-refractivity contribution in [3.8, 4) is 0 Å². The Labute approximate surface area is 107 Å². The van der Waals surface area contributed by atoms with Crippen LogP contribution in [0, 0.1) is 5.82 Å². The summed E-state index contributed by atoms with van der Waals surface area (Å²) in [4.78, 5) is 0. The number of rotatable bonds is 3. The lowest BCUT2D eigenvalue weighted by atomic mass is 10.1. The first kappa shape index (κ1) is 12.4. The Morgan fingerprint density at radius 3 is 2.59 bits per heavy atom. The average molecular weight is 275 g/mol. The molecule has 1 aromatic carbocycles. The van der Waals surface area contributed by atoms with Gasteiger partial charge in [0.25, 0.3) is 0 Å². The van der Waals surface area contributed by atoms with E-state index in [4.69, 9.17) is 33.5 Å². The highest BCUT2D eigenvalue weighted by Gasteiger charge is 2.19. The van der Waals surface area contributed by atoms with E-state index in [0.717, 1.165) is 0 Å². The Bertz CT molecular complexity index is 530. The Balaban J connectivity index is 2.45. The molecule has 1 atom stereocenters. The van der Waals surface area contributed by atoms with Gasteiger partial charge in [-0.2, -0.15) is 0 Å². The SMILES string of the molecule is NNC(c1ccc(Cl)o1)c1cc(F)ccc1Cl. The topological polar surface area (TPSA) is 51.2 Å². The van der Waals surface area contributed by atoms with Crippen molar-refractivity contribution in [2.24, 2.45) is 5.84 Å². The molecule has 1 aromatic heterocycles. The fraction of sp³-hybridized carbons (Fsp3) is 0.0909. The summed E-state index contributed by atoms with van der Waals surface area (Å²) in [6.45, 7) is 0. The van der Waals surface area contributed by atoms with Crippen LogP contribution in [0.25, 0.3) is 0 Å². The first-order valence-electron chi connectivity index (χ1n) is 4.78. The number of nitrogens with two attached hydrogens (primary N) is 1. The van der Waals surface area contributed by atoms with Crippen molar-refractivity contribution in [2.45, 2.75) is 6.04 Å². The smallest absolute Gasteiger partial charge is 0.193 e. The van der Waals surface area contributed by atoms with Crippen LogP contribution in [0.1, 0.15) is 17.4 Å². The van der Waals surface area contributed by atoms with Gasteiger partial charge < -0.3 is 4.42 Å². The highest BCUT2D eigenvalue weighted by atomic mass is 35.5. The van der Waals surface area contributed by atoms with Gasteiger partial charge in [-0.1, -0.05) is 11.6 Å². The predicted octanol–water partition coefficient (Wildman–Crippen LogP) is 3.28. The molecular weight excluding hydrogens is 266 g/mol. The largest absolute Gasteiger partial charge is 0.448 e. The van der Waals surface area contributed by atoms with E-state index in [2.05, 4.69) is 5.43 Å². The highest BCUT2D eigenvalue weighted by molar-refractivity contribution is 6.31. The predicted molar refractivity (Wildman–Crippen MR) is 64.3 cm³/mol. The fourth-order valence-corrected chi connectivity index (χ4v) is 1.92. The van der Waals surface area contributed by atoms with E-state index in [1.807, 2.05) is 0 Å². The van der Waals surface area contributed by atoms with Crippen molar-refractivity contribution in [1.29, 1.82) is 0 Å². The third-order valence-corrected chi connectivity index (χ3v) is 2.86. The molecule has 1 heterocycles. The van der Waals surface area contributed by atoms with Crippen LogP contribution >= 0.6 is 23.2 Å². The number of hydrazine groups is 1. The van der Waals surface area contributed by atoms with Gasteiger partial charge in [0.2, 0.25) is 0 Å². The van der Waals surface area contributed by atoms with E-state index in [0.29, 0.717) is 16.3 Å². The molecule has 3 N–H and O–H groups in total. The van der Waals surface area contributed by atoms with Gasteiger partial charge in [0.05, 0.1) is 0 Å². The van der Waals surface area contributed by atoms with Gasteiger partial charge in [-0.3, -0.25) is 5.84 Å². The first-order valence-corrected chi connectivity index (χ1v) is 5.53. The lowest BCUT2D eigenvalue weighted by Gasteiger charge is -2.15. The van der Waals surface area contributed by atoms with Crippen molar-refractivity contribution in [3.05, 3.63) is 57.7 Å². The summed E-state index contributed by atoms with van der Waals surface area (Å²) < 4.78 is 18.4. The van der Waals surface area contributed by atoms with Crippen LogP contribution in [0.15, 0.2) is 34.7 Å². The van der Waals surface area contributed by atoms with E-state index in [1.165, 1.54) is 18.2 Å². The minimum atomic E-state index is -0.550. The van der Waals surface area contributed by atoms with Crippen LogP contribution in [0.4, 0.5) is 4.39 Å². The van der Waals surface area contributed by atoms with E-state index in [9.17, 15) is 4.39 Å². The van der Waals surface area contributed by atoms with Gasteiger partial charge in [0, 0.05) is 5.02 Å². The monoisotopic (exact) mass is 274 g/mol. The molecule has 6 heteroatoms. The molecule has 0 spiro atoms. The quantitative estimate of drug-likeness (QED) is 0.667. The zero-order valence-electron chi connectivity index (χ0n) is 8.58. The number of hydrogen-bond donors (Lipinski definition) is 2. The molecule has 0 fully saturated rings. The molecule has 0 amide bonds. The second-order valence-corrected chi connectivity index (χ2v) is 4.19. The third kappa shape index (κ3) is 2.61. The van der Waals surface area contributed by atoms with E-state index in [-0.39, 0.29) is 5.22 Å². The Morgan fingerprint density at radius 1 is 1.24 bits per heavy atom. The van der Waals surface area contributed by atoms with Crippen LogP contribution in [0.3, 0.4) is 0 Å². The van der Waals surface area contributed by atoms with Crippen molar-refractivity contribution in [3.63, 3.8) is 0 Å². The van der Waals surface area contributed by atoms with Gasteiger partial charge in [-0.25, -0.2) is 9.82 Å². The number of halogens is 3. The maximum atomic E-state index is 13.2. The Kier molecular flexibility index (Phi) is 3.69. The lowest BCUT2D eigenvalue weighted by molar-refractivity contribution is 0.452. The molecule has 0 saturated heterocycles. The molecule has 0 bridgehead atoms. The molecule has 0 aliphatic carbocycles. The van der Waals surface area contributed by atoms with Gasteiger partial charge in [-0.15, -0.1) is 0 Å². The standard InChI is InChI=1S/C11H9Cl2FN2O/c12-8-2-1-6(14)5-7(8)11(16-15)9-3-4-10(13)17-9/h1-5,11,16H,15H2.